The van der Waals surface area contributed by atoms with Gasteiger partial charge < -0.3 is 4.74 Å². The van der Waals surface area contributed by atoms with Gasteiger partial charge in [0, 0.05) is 6.42 Å². The first kappa shape index (κ1) is 17.3. The minimum atomic E-state index is -0.938. The Balaban J connectivity index is 2.09. The number of allylic oxidation sites excluding steroid dienone is 2. The smallest absolute Gasteiger partial charge is 0.194 e. The van der Waals surface area contributed by atoms with E-state index in [9.17, 15) is 13.6 Å². The van der Waals surface area contributed by atoms with E-state index in [0.717, 1.165) is 11.1 Å². The summed E-state index contributed by atoms with van der Waals surface area (Å²) < 4.78 is 30.7. The Hall–Kier alpha value is -3.01. The molecule has 122 valence electrons. The van der Waals surface area contributed by atoms with Crippen molar-refractivity contribution in [3.63, 3.8) is 0 Å². The molecule has 0 fully saturated rings. The quantitative estimate of drug-likeness (QED) is 0.391. The van der Waals surface area contributed by atoms with Gasteiger partial charge in [0.2, 0.25) is 0 Å². The molecule has 2 aromatic rings. The normalized spacial score (nSPS) is 10.1. The van der Waals surface area contributed by atoms with Crippen LogP contribution in [0.1, 0.15) is 5.56 Å². The molecule has 0 saturated carbocycles. The average molecular weight is 326 g/mol. The molecule has 0 aliphatic rings. The highest BCUT2D eigenvalue weighted by atomic mass is 19.1. The summed E-state index contributed by atoms with van der Waals surface area (Å²) >= 11 is 0. The van der Waals surface area contributed by atoms with E-state index in [1.54, 1.807) is 24.3 Å². The van der Waals surface area contributed by atoms with E-state index in [-0.39, 0.29) is 12.2 Å². The molecule has 0 spiro atoms. The zero-order valence-corrected chi connectivity index (χ0v) is 13.0. The summed E-state index contributed by atoms with van der Waals surface area (Å²) in [5, 5.41) is 0. The summed E-state index contributed by atoms with van der Waals surface area (Å²) in [5.74, 6) is -1.97. The first-order valence-corrected chi connectivity index (χ1v) is 7.15. The largest absolute Gasteiger partial charge is 0.455 e. The van der Waals surface area contributed by atoms with Crippen LogP contribution in [0.15, 0.2) is 85.7 Å². The van der Waals surface area contributed by atoms with Crippen molar-refractivity contribution in [2.24, 2.45) is 0 Å². The maximum absolute atomic E-state index is 12.8. The first-order valence-electron chi connectivity index (χ1n) is 7.15. The topological polar surface area (TPSA) is 26.3 Å². The van der Waals surface area contributed by atoms with E-state index in [4.69, 9.17) is 4.74 Å². The van der Waals surface area contributed by atoms with E-state index in [1.807, 2.05) is 24.3 Å². The van der Waals surface area contributed by atoms with Gasteiger partial charge in [0.15, 0.2) is 23.2 Å². The predicted molar refractivity (Wildman–Crippen MR) is 90.9 cm³/mol. The van der Waals surface area contributed by atoms with Crippen LogP contribution in [0.3, 0.4) is 0 Å². The highest BCUT2D eigenvalue weighted by Gasteiger charge is 2.08. The second-order valence-corrected chi connectivity index (χ2v) is 5.16. The van der Waals surface area contributed by atoms with Gasteiger partial charge in [-0.3, -0.25) is 4.79 Å². The molecule has 0 heterocycles. The van der Waals surface area contributed by atoms with Crippen molar-refractivity contribution >= 4 is 5.78 Å². The molecule has 2 nitrogen and oxygen atoms in total. The Morgan fingerprint density at radius 1 is 0.833 bits per heavy atom. The van der Waals surface area contributed by atoms with E-state index in [1.165, 1.54) is 0 Å². The van der Waals surface area contributed by atoms with Gasteiger partial charge in [-0.05, 0) is 28.8 Å². The highest BCUT2D eigenvalue weighted by molar-refractivity contribution is 5.94. The third-order valence-electron chi connectivity index (χ3n) is 3.35. The van der Waals surface area contributed by atoms with Crippen LogP contribution in [0.25, 0.3) is 11.1 Å². The zero-order chi connectivity index (χ0) is 17.7. The predicted octanol–water partition coefficient (Wildman–Crippen LogP) is 5.32. The summed E-state index contributed by atoms with van der Waals surface area (Å²) in [7, 11) is 0. The van der Waals surface area contributed by atoms with E-state index >= 15 is 0 Å². The van der Waals surface area contributed by atoms with E-state index in [0.29, 0.717) is 11.3 Å². The second kappa shape index (κ2) is 7.51. The first-order chi connectivity index (χ1) is 11.4. The Kier molecular flexibility index (Phi) is 5.42. The van der Waals surface area contributed by atoms with E-state index in [2.05, 4.69) is 19.7 Å². The molecule has 0 atom stereocenters. The molecule has 4 heteroatoms. The van der Waals surface area contributed by atoms with Gasteiger partial charge in [-0.1, -0.05) is 56.1 Å². The second-order valence-electron chi connectivity index (χ2n) is 5.16. The SMILES string of the molecule is C=C(F)C(=C)Oc1ccc(-c2ccc(CC(=O)C(=C)F)cc2)cc1. The van der Waals surface area contributed by atoms with Gasteiger partial charge in [-0.2, -0.15) is 0 Å². The molecule has 2 aromatic carbocycles. The molecule has 0 amide bonds. The molecule has 0 unspecified atom stereocenters. The van der Waals surface area contributed by atoms with Gasteiger partial charge in [0.05, 0.1) is 0 Å². The maximum Gasteiger partial charge on any atom is 0.194 e. The lowest BCUT2D eigenvalue weighted by Crippen LogP contribution is -2.01. The fourth-order valence-electron chi connectivity index (χ4n) is 2.01. The number of halogens is 2. The lowest BCUT2D eigenvalue weighted by molar-refractivity contribution is -0.116. The van der Waals surface area contributed by atoms with Gasteiger partial charge in [-0.25, -0.2) is 8.78 Å². The lowest BCUT2D eigenvalue weighted by Gasteiger charge is -2.08. The fraction of sp³-hybridized carbons (Fsp3) is 0.0500. The van der Waals surface area contributed by atoms with E-state index < -0.39 is 17.4 Å². The lowest BCUT2D eigenvalue weighted by atomic mass is 10.0. The van der Waals surface area contributed by atoms with Crippen molar-refractivity contribution < 1.29 is 18.3 Å². The monoisotopic (exact) mass is 326 g/mol. The molecule has 0 N–H and O–H groups in total. The number of rotatable bonds is 7. The number of carbonyl (C=O) groups excluding carboxylic acids is 1. The Bertz CT molecular complexity index is 718. The van der Waals surface area contributed by atoms with Crippen LogP contribution >= 0.6 is 0 Å². The van der Waals surface area contributed by atoms with Crippen molar-refractivity contribution in [1.82, 2.24) is 0 Å². The van der Waals surface area contributed by atoms with Gasteiger partial charge in [-0.15, -0.1) is 0 Å². The van der Waals surface area contributed by atoms with Crippen LogP contribution in [-0.4, -0.2) is 5.78 Å². The molecule has 0 saturated heterocycles. The van der Waals surface area contributed by atoms with Crippen LogP contribution < -0.4 is 4.74 Å². The van der Waals surface area contributed by atoms with Gasteiger partial charge in [0.25, 0.3) is 0 Å². The van der Waals surface area contributed by atoms with Crippen molar-refractivity contribution in [3.05, 3.63) is 91.2 Å². The number of ketones is 1. The van der Waals surface area contributed by atoms with Crippen LogP contribution in [0.2, 0.25) is 0 Å². The Labute approximate surface area is 139 Å². The molecule has 0 bridgehead atoms. The zero-order valence-electron chi connectivity index (χ0n) is 13.0. The van der Waals surface area contributed by atoms with Crippen LogP contribution in [0.4, 0.5) is 8.78 Å². The number of hydrogen-bond donors (Lipinski definition) is 0. The molecular weight excluding hydrogens is 310 g/mol. The summed E-state index contributed by atoms with van der Waals surface area (Å²) in [4.78, 5) is 11.3. The number of carbonyl (C=O) groups is 1. The minimum Gasteiger partial charge on any atom is -0.455 e. The Morgan fingerprint density at radius 2 is 1.33 bits per heavy atom. The molecule has 0 aromatic heterocycles. The molecule has 2 rings (SSSR count). The fourth-order valence-corrected chi connectivity index (χ4v) is 2.01. The average Bonchev–Trinajstić information content (AvgIpc) is 2.56. The molecule has 24 heavy (non-hydrogen) atoms. The minimum absolute atomic E-state index is 0.0162. The van der Waals surface area contributed by atoms with Crippen molar-refractivity contribution in [3.8, 4) is 16.9 Å². The summed E-state index contributed by atoms with van der Waals surface area (Å²) in [6, 6.07) is 14.2. The Morgan fingerprint density at radius 3 is 1.79 bits per heavy atom. The molecule has 0 aliphatic heterocycles. The van der Waals surface area contributed by atoms with Crippen LogP contribution in [0, 0.1) is 0 Å². The number of ether oxygens (including phenoxy) is 1. The van der Waals surface area contributed by atoms with Crippen LogP contribution in [-0.2, 0) is 11.2 Å². The maximum atomic E-state index is 12.8. The number of Topliss-reactive ketones (excluding diaryl/α,β-unsaturated/α-hetero) is 1. The van der Waals surface area contributed by atoms with Gasteiger partial charge >= 0.3 is 0 Å². The number of benzene rings is 2. The summed E-state index contributed by atoms with van der Waals surface area (Å²) in [6.45, 7) is 9.52. The third kappa shape index (κ3) is 4.49. The third-order valence-corrected chi connectivity index (χ3v) is 3.35. The summed E-state index contributed by atoms with van der Waals surface area (Å²) in [6.07, 6.45) is -0.0162. The molecule has 0 aliphatic carbocycles. The molecule has 0 radical (unpaired) electrons. The highest BCUT2D eigenvalue weighted by Crippen LogP contribution is 2.24. The summed E-state index contributed by atoms with van der Waals surface area (Å²) in [5.41, 5.74) is 2.55. The van der Waals surface area contributed by atoms with Crippen molar-refractivity contribution in [1.29, 1.82) is 0 Å². The molecular formula is C20H16F2O2. The number of hydrogen-bond acceptors (Lipinski definition) is 2. The van der Waals surface area contributed by atoms with Gasteiger partial charge in [0.1, 0.15) is 5.75 Å². The standard InChI is InChI=1S/C20H16F2O2/c1-13(21)15(3)24-19-10-8-18(9-11-19)17-6-4-16(5-7-17)12-20(23)14(2)22/h4-11H,1-3,12H2. The van der Waals surface area contributed by atoms with Crippen LogP contribution in [0.5, 0.6) is 5.75 Å². The van der Waals surface area contributed by atoms with Crippen molar-refractivity contribution in [2.75, 3.05) is 0 Å². The van der Waals surface area contributed by atoms with Crippen molar-refractivity contribution in [2.45, 2.75) is 6.42 Å².